The molecule has 202 valence electrons. The van der Waals surface area contributed by atoms with E-state index >= 15 is 0 Å². The van der Waals surface area contributed by atoms with E-state index in [1.807, 2.05) is 0 Å². The molecule has 0 radical (unpaired) electrons. The minimum absolute atomic E-state index is 0.0895. The van der Waals surface area contributed by atoms with Gasteiger partial charge >= 0.3 is 246 Å². The Morgan fingerprint density at radius 3 is 1.59 bits per heavy atom. The van der Waals surface area contributed by atoms with Gasteiger partial charge in [-0.2, -0.15) is 0 Å². The van der Waals surface area contributed by atoms with Gasteiger partial charge in [-0.1, -0.05) is 0 Å². The average molecular weight is 594 g/mol. The van der Waals surface area contributed by atoms with Gasteiger partial charge in [0.05, 0.1) is 0 Å². The van der Waals surface area contributed by atoms with Crippen LogP contribution in [0.25, 0.3) is 22.3 Å². The first-order chi connectivity index (χ1) is 18.0. The van der Waals surface area contributed by atoms with Gasteiger partial charge in [0.25, 0.3) is 0 Å². The fourth-order valence-corrected chi connectivity index (χ4v) is 16.5. The molecule has 1 unspecified atom stereocenters. The van der Waals surface area contributed by atoms with Gasteiger partial charge in [-0.25, -0.2) is 0 Å². The average Bonchev–Trinajstić information content (AvgIpc) is 3.47. The molecule has 0 aromatic heterocycles. The van der Waals surface area contributed by atoms with E-state index in [0.29, 0.717) is 9.54 Å². The van der Waals surface area contributed by atoms with Gasteiger partial charge in [-0.15, -0.1) is 0 Å². The molecule has 0 aliphatic heterocycles. The summed E-state index contributed by atoms with van der Waals surface area (Å²) in [4.78, 5) is 0. The van der Waals surface area contributed by atoms with Gasteiger partial charge in [-0.3, -0.25) is 0 Å². The fraction of sp³-hybridized carbons (Fsp3) is 0.447. The van der Waals surface area contributed by atoms with E-state index in [2.05, 4.69) is 132 Å². The van der Waals surface area contributed by atoms with Crippen LogP contribution in [0.5, 0.6) is 0 Å². The quantitative estimate of drug-likeness (QED) is 0.325. The topological polar surface area (TPSA) is 0 Å². The molecule has 2 aromatic rings. The molecule has 0 bridgehead atoms. The molecule has 1 atom stereocenters. The van der Waals surface area contributed by atoms with Crippen LogP contribution in [-0.4, -0.2) is 3.21 Å². The standard InChI is InChI=1S/C25H25.C10H15.C3H6.Zr/c1-14-12-24(3,4)22-8-16-7-17-9-23-19(15(2)13-25(23,5)6)11-21(17)20(16)10-18(14)22;1-8-5-6-9(7-8)10(2,3)4;1-3-2;/h7-13H,1-6H3;6-8H,1-4H3;1-2H3;. The summed E-state index contributed by atoms with van der Waals surface area (Å²) in [6.07, 6.45) is 10.2. The normalized spacial score (nSPS) is 22.0. The van der Waals surface area contributed by atoms with E-state index in [9.17, 15) is 0 Å². The van der Waals surface area contributed by atoms with Gasteiger partial charge in [0.1, 0.15) is 0 Å². The van der Waals surface area contributed by atoms with Crippen LogP contribution < -0.4 is 0 Å². The number of allylic oxidation sites excluding steroid dienone is 8. The van der Waals surface area contributed by atoms with Crippen LogP contribution in [0.15, 0.2) is 57.4 Å². The summed E-state index contributed by atoms with van der Waals surface area (Å²) in [7, 11) is 0. The van der Waals surface area contributed by atoms with Crippen LogP contribution in [0.3, 0.4) is 0 Å². The van der Waals surface area contributed by atoms with Crippen molar-refractivity contribution >= 4 is 14.4 Å². The van der Waals surface area contributed by atoms with Crippen molar-refractivity contribution in [2.75, 3.05) is 0 Å². The zero-order chi connectivity index (χ0) is 28.4. The molecular formula is C38H46Zr. The first kappa shape index (κ1) is 27.3. The van der Waals surface area contributed by atoms with Crippen LogP contribution in [0.1, 0.15) is 120 Å². The first-order valence-electron chi connectivity index (χ1n) is 14.9. The van der Waals surface area contributed by atoms with Crippen molar-refractivity contribution in [3.8, 4) is 11.1 Å². The molecule has 0 saturated carbocycles. The summed E-state index contributed by atoms with van der Waals surface area (Å²) in [5.74, 6) is 0.542. The van der Waals surface area contributed by atoms with Crippen LogP contribution in [0, 0.1) is 11.3 Å². The summed E-state index contributed by atoms with van der Waals surface area (Å²) >= 11 is -2.33. The molecule has 4 aliphatic carbocycles. The molecule has 0 saturated heterocycles. The summed E-state index contributed by atoms with van der Waals surface area (Å²) in [6.45, 7) is 28.7. The van der Waals surface area contributed by atoms with Crippen molar-refractivity contribution < 1.29 is 21.3 Å². The Kier molecular flexibility index (Phi) is 6.01. The number of fused-ring (bicyclic) bond motifs is 5. The maximum absolute atomic E-state index is 2.66. The van der Waals surface area contributed by atoms with E-state index in [-0.39, 0.29) is 16.2 Å². The van der Waals surface area contributed by atoms with Crippen molar-refractivity contribution in [3.05, 3.63) is 90.8 Å². The van der Waals surface area contributed by atoms with Crippen LogP contribution in [-0.2, 0) is 32.1 Å². The third-order valence-electron chi connectivity index (χ3n) is 9.92. The van der Waals surface area contributed by atoms with Gasteiger partial charge in [-0.05, 0) is 0 Å². The maximum atomic E-state index is 2.66. The molecule has 0 nitrogen and oxygen atoms in total. The molecule has 39 heavy (non-hydrogen) atoms. The molecule has 0 spiro atoms. The number of hydrogen-bond donors (Lipinski definition) is 0. The van der Waals surface area contributed by atoms with E-state index in [0.717, 1.165) is 0 Å². The molecule has 0 heterocycles. The van der Waals surface area contributed by atoms with Gasteiger partial charge in [0, 0.05) is 0 Å². The molecule has 0 fully saturated rings. The van der Waals surface area contributed by atoms with Crippen molar-refractivity contribution in [3.63, 3.8) is 0 Å². The molecule has 0 N–H and O–H groups in total. The molecule has 2 aromatic carbocycles. The van der Waals surface area contributed by atoms with Crippen LogP contribution in [0.4, 0.5) is 0 Å². The Morgan fingerprint density at radius 2 is 1.21 bits per heavy atom. The van der Waals surface area contributed by atoms with Gasteiger partial charge in [0.2, 0.25) is 0 Å². The monoisotopic (exact) mass is 592 g/mol. The number of benzene rings is 2. The molecule has 6 rings (SSSR count). The van der Waals surface area contributed by atoms with Crippen LogP contribution in [0.2, 0.25) is 0 Å². The Labute approximate surface area is 245 Å². The van der Waals surface area contributed by atoms with Crippen LogP contribution >= 0.6 is 0 Å². The van der Waals surface area contributed by atoms with E-state index in [1.165, 1.54) is 50.1 Å². The van der Waals surface area contributed by atoms with E-state index < -0.39 is 21.3 Å². The molecule has 0 amide bonds. The zero-order valence-corrected chi connectivity index (χ0v) is 28.7. The summed E-state index contributed by atoms with van der Waals surface area (Å²) in [6, 6.07) is 10.5. The van der Waals surface area contributed by atoms with Gasteiger partial charge < -0.3 is 0 Å². The van der Waals surface area contributed by atoms with Crippen molar-refractivity contribution in [2.24, 2.45) is 11.3 Å². The fourth-order valence-electron chi connectivity index (χ4n) is 8.01. The van der Waals surface area contributed by atoms with E-state index in [4.69, 9.17) is 0 Å². The second-order valence-corrected chi connectivity index (χ2v) is 22.5. The number of hydrogen-bond acceptors (Lipinski definition) is 0. The first-order valence-corrected chi connectivity index (χ1v) is 18.8. The second kappa shape index (κ2) is 8.58. The summed E-state index contributed by atoms with van der Waals surface area (Å²) in [5.41, 5.74) is 17.0. The summed E-state index contributed by atoms with van der Waals surface area (Å²) < 4.78 is 4.04. The summed E-state index contributed by atoms with van der Waals surface area (Å²) in [5, 5.41) is 0. The third-order valence-corrected chi connectivity index (χ3v) is 18.5. The van der Waals surface area contributed by atoms with Crippen molar-refractivity contribution in [2.45, 2.75) is 97.5 Å². The van der Waals surface area contributed by atoms with Crippen molar-refractivity contribution in [1.82, 2.24) is 0 Å². The Balaban J connectivity index is 1.64. The Hall–Kier alpha value is -1.85. The van der Waals surface area contributed by atoms with Gasteiger partial charge in [0.15, 0.2) is 0 Å². The SMILES string of the molecule is CC1=CC(C)(C)c2cc3c(cc21)-c1cc2c(cc1[CH]3[Zr]([C]1=CC(C(C)(C)C)=CC1C)=[C](C)C)C(C)(C)C=C2C. The molecule has 1 heteroatoms. The predicted molar refractivity (Wildman–Crippen MR) is 168 cm³/mol. The zero-order valence-electron chi connectivity index (χ0n) is 26.3. The number of rotatable bonds is 2. The molecular weight excluding hydrogens is 548 g/mol. The Morgan fingerprint density at radius 1 is 0.744 bits per heavy atom. The predicted octanol–water partition coefficient (Wildman–Crippen LogP) is 10.5. The minimum atomic E-state index is -2.33. The third kappa shape index (κ3) is 4.04. The molecule has 4 aliphatic rings. The van der Waals surface area contributed by atoms with Crippen molar-refractivity contribution in [1.29, 1.82) is 0 Å². The Bertz CT molecular complexity index is 1530. The van der Waals surface area contributed by atoms with E-state index in [1.54, 1.807) is 17.6 Å². The second-order valence-electron chi connectivity index (χ2n) is 15.2.